The zero-order valence-electron chi connectivity index (χ0n) is 22.4. The number of nitrogens with zero attached hydrogens (tertiary/aromatic N) is 6. The summed E-state index contributed by atoms with van der Waals surface area (Å²) in [6, 6.07) is 5.64. The maximum absolute atomic E-state index is 14.7. The summed E-state index contributed by atoms with van der Waals surface area (Å²) in [4.78, 5) is 9.55. The fourth-order valence-corrected chi connectivity index (χ4v) is 6.06. The van der Waals surface area contributed by atoms with Crippen LogP contribution >= 0.6 is 0 Å². The molecule has 0 radical (unpaired) electrons. The Balaban J connectivity index is 1.62. The third-order valence-electron chi connectivity index (χ3n) is 7.75. The Morgan fingerprint density at radius 3 is 2.53 bits per heavy atom. The van der Waals surface area contributed by atoms with Gasteiger partial charge >= 0.3 is 0 Å². The lowest BCUT2D eigenvalue weighted by Gasteiger charge is -2.47. The molecule has 1 aliphatic carbocycles. The van der Waals surface area contributed by atoms with Gasteiger partial charge in [0, 0.05) is 25.1 Å². The highest BCUT2D eigenvalue weighted by atomic mass is 19.1. The molecule has 5 rings (SSSR count). The van der Waals surface area contributed by atoms with Crippen LogP contribution in [0.5, 0.6) is 0 Å². The Morgan fingerprint density at radius 2 is 1.82 bits per heavy atom. The van der Waals surface area contributed by atoms with Crippen molar-refractivity contribution in [3.05, 3.63) is 77.6 Å². The van der Waals surface area contributed by atoms with Crippen molar-refractivity contribution in [1.29, 1.82) is 0 Å². The molecule has 0 spiro atoms. The molecule has 2 atom stereocenters. The number of rotatable bonds is 7. The van der Waals surface area contributed by atoms with E-state index in [9.17, 15) is 8.78 Å². The topological polar surface area (TPSA) is 78.6 Å². The molecule has 198 valence electrons. The number of ether oxygens (including phenoxy) is 1. The van der Waals surface area contributed by atoms with Crippen molar-refractivity contribution in [2.24, 2.45) is 5.41 Å². The average molecular weight is 519 g/mol. The first-order valence-corrected chi connectivity index (χ1v) is 12.8. The van der Waals surface area contributed by atoms with Crippen LogP contribution in [0.3, 0.4) is 0 Å². The average Bonchev–Trinajstić information content (AvgIpc) is 3.36. The van der Waals surface area contributed by atoms with Gasteiger partial charge in [0.2, 0.25) is 0 Å². The van der Waals surface area contributed by atoms with Crippen LogP contribution in [-0.4, -0.2) is 43.7 Å². The van der Waals surface area contributed by atoms with Gasteiger partial charge in [-0.3, -0.25) is 9.67 Å². The monoisotopic (exact) mass is 518 g/mol. The Morgan fingerprint density at radius 1 is 1.05 bits per heavy atom. The number of halogens is 2. The summed E-state index contributed by atoms with van der Waals surface area (Å²) in [7, 11) is 1.66. The smallest absolute Gasteiger partial charge is 0.135 e. The molecule has 0 bridgehead atoms. The summed E-state index contributed by atoms with van der Waals surface area (Å²) in [6.45, 7) is 9.89. The minimum Gasteiger partial charge on any atom is -0.383 e. The fraction of sp³-hybridized carbons (Fsp3) is 0.414. The summed E-state index contributed by atoms with van der Waals surface area (Å²) < 4.78 is 36.3. The van der Waals surface area contributed by atoms with Gasteiger partial charge in [0.25, 0.3) is 0 Å². The van der Waals surface area contributed by atoms with E-state index in [1.54, 1.807) is 25.7 Å². The van der Waals surface area contributed by atoms with Gasteiger partial charge < -0.3 is 4.74 Å². The largest absolute Gasteiger partial charge is 0.383 e. The molecule has 0 aliphatic heterocycles. The highest BCUT2D eigenvalue weighted by molar-refractivity contribution is 5.63. The van der Waals surface area contributed by atoms with E-state index in [1.165, 1.54) is 18.2 Å². The summed E-state index contributed by atoms with van der Waals surface area (Å²) >= 11 is 0. The molecule has 4 aromatic rings. The van der Waals surface area contributed by atoms with Crippen LogP contribution in [0.25, 0.3) is 22.5 Å². The molecule has 0 unspecified atom stereocenters. The zero-order valence-corrected chi connectivity index (χ0v) is 22.4. The van der Waals surface area contributed by atoms with Crippen molar-refractivity contribution < 1.29 is 13.5 Å². The molecule has 0 saturated heterocycles. The van der Waals surface area contributed by atoms with E-state index >= 15 is 0 Å². The summed E-state index contributed by atoms with van der Waals surface area (Å²) in [5.74, 6) is -1.19. The second-order valence-electron chi connectivity index (χ2n) is 10.9. The molecule has 1 aliphatic rings. The second kappa shape index (κ2) is 9.94. The summed E-state index contributed by atoms with van der Waals surface area (Å²) in [5, 5.41) is 13.4. The number of aromatic nitrogens is 6. The lowest BCUT2D eigenvalue weighted by Crippen LogP contribution is -2.42. The van der Waals surface area contributed by atoms with Gasteiger partial charge in [-0.2, -0.15) is 10.2 Å². The summed E-state index contributed by atoms with van der Waals surface area (Å²) in [5.41, 5.74) is 3.33. The molecule has 0 N–H and O–H groups in total. The van der Waals surface area contributed by atoms with Gasteiger partial charge in [-0.15, -0.1) is 5.10 Å². The standard InChI is InChI=1S/C29H32F2N6O/c1-6-20-19-12-23(26-21(30)8-7-9-22(26)31)35-36-27(19)29(4,17-28(20,2)3)25-15-32-14-24(34-25)18-13-33-37(16-18)10-11-38-5/h7-9,12-16,20H,6,10-11,17H2,1-5H3/t20-,29-/m0/s1. The van der Waals surface area contributed by atoms with Gasteiger partial charge in [0.15, 0.2) is 0 Å². The second-order valence-corrected chi connectivity index (χ2v) is 10.9. The lowest BCUT2D eigenvalue weighted by molar-refractivity contribution is 0.180. The van der Waals surface area contributed by atoms with E-state index in [4.69, 9.17) is 9.72 Å². The van der Waals surface area contributed by atoms with E-state index in [1.807, 2.05) is 16.9 Å². The SMILES string of the molecule is CC[C@H]1c2cc(-c3c(F)cccc3F)nnc2[C@](C)(c2cncc(-c3cnn(CCOC)c3)n2)CC1(C)C. The Labute approximate surface area is 221 Å². The quantitative estimate of drug-likeness (QED) is 0.301. The van der Waals surface area contributed by atoms with E-state index in [0.717, 1.165) is 35.4 Å². The third-order valence-corrected chi connectivity index (χ3v) is 7.75. The minimum absolute atomic E-state index is 0.129. The first-order valence-electron chi connectivity index (χ1n) is 12.8. The Bertz CT molecular complexity index is 1450. The summed E-state index contributed by atoms with van der Waals surface area (Å²) in [6.07, 6.45) is 8.82. The van der Waals surface area contributed by atoms with Gasteiger partial charge in [0.1, 0.15) is 11.6 Å². The molecule has 0 amide bonds. The van der Waals surface area contributed by atoms with Crippen molar-refractivity contribution in [3.63, 3.8) is 0 Å². The highest BCUT2D eigenvalue weighted by Gasteiger charge is 2.49. The predicted molar refractivity (Wildman–Crippen MR) is 140 cm³/mol. The van der Waals surface area contributed by atoms with E-state index in [0.29, 0.717) is 18.8 Å². The van der Waals surface area contributed by atoms with Gasteiger partial charge in [0.05, 0.1) is 59.3 Å². The number of benzene rings is 1. The molecule has 9 heteroatoms. The van der Waals surface area contributed by atoms with Crippen molar-refractivity contribution >= 4 is 0 Å². The molecule has 1 aromatic carbocycles. The van der Waals surface area contributed by atoms with Crippen LogP contribution in [0.2, 0.25) is 0 Å². The normalized spacial score (nSPS) is 20.3. The van der Waals surface area contributed by atoms with Crippen LogP contribution in [0.1, 0.15) is 63.4 Å². The van der Waals surface area contributed by atoms with E-state index in [-0.39, 0.29) is 22.6 Å². The van der Waals surface area contributed by atoms with Gasteiger partial charge in [-0.25, -0.2) is 13.8 Å². The Kier molecular flexibility index (Phi) is 6.81. The van der Waals surface area contributed by atoms with Crippen LogP contribution in [0.15, 0.2) is 49.1 Å². The maximum atomic E-state index is 14.7. The van der Waals surface area contributed by atoms with Crippen LogP contribution in [-0.2, 0) is 16.7 Å². The molecule has 0 saturated carbocycles. The maximum Gasteiger partial charge on any atom is 0.135 e. The molecular formula is C29H32F2N6O. The molecular weight excluding hydrogens is 486 g/mol. The van der Waals surface area contributed by atoms with Gasteiger partial charge in [-0.1, -0.05) is 26.8 Å². The van der Waals surface area contributed by atoms with E-state index < -0.39 is 17.0 Å². The third kappa shape index (κ3) is 4.49. The number of methoxy groups -OCH3 is 1. The molecule has 3 aromatic heterocycles. The van der Waals surface area contributed by atoms with Crippen molar-refractivity contribution in [3.8, 4) is 22.5 Å². The van der Waals surface area contributed by atoms with E-state index in [2.05, 4.69) is 48.0 Å². The minimum atomic E-state index is -0.658. The van der Waals surface area contributed by atoms with Crippen molar-refractivity contribution in [1.82, 2.24) is 29.9 Å². The van der Waals surface area contributed by atoms with Crippen LogP contribution < -0.4 is 0 Å². The van der Waals surface area contributed by atoms with Crippen LogP contribution in [0.4, 0.5) is 8.78 Å². The molecule has 7 nitrogen and oxygen atoms in total. The van der Waals surface area contributed by atoms with Crippen molar-refractivity contribution in [2.45, 2.75) is 58.4 Å². The molecule has 38 heavy (non-hydrogen) atoms. The lowest BCUT2D eigenvalue weighted by atomic mass is 9.57. The highest BCUT2D eigenvalue weighted by Crippen LogP contribution is 2.55. The van der Waals surface area contributed by atoms with Crippen LogP contribution in [0, 0.1) is 17.0 Å². The van der Waals surface area contributed by atoms with Crippen molar-refractivity contribution in [2.75, 3.05) is 13.7 Å². The fourth-order valence-electron chi connectivity index (χ4n) is 6.06. The van der Waals surface area contributed by atoms with Gasteiger partial charge in [-0.05, 0) is 54.9 Å². The number of hydrogen-bond donors (Lipinski definition) is 0. The predicted octanol–water partition coefficient (Wildman–Crippen LogP) is 5.95. The first kappa shape index (κ1) is 26.0. The number of hydrogen-bond acceptors (Lipinski definition) is 6. The molecule has 0 fully saturated rings. The Hall–Kier alpha value is -3.59. The first-order chi connectivity index (χ1) is 18.2. The number of fused-ring (bicyclic) bond motifs is 1. The molecule has 3 heterocycles. The zero-order chi connectivity index (χ0) is 27.1.